The number of hydrogen-bond donors (Lipinski definition) is 1. The topological polar surface area (TPSA) is 40.5 Å². The van der Waals surface area contributed by atoms with Crippen molar-refractivity contribution < 1.29 is 9.90 Å². The molecule has 0 aromatic carbocycles. The Balaban J connectivity index is 2.46. The van der Waals surface area contributed by atoms with Gasteiger partial charge >= 0.3 is 0 Å². The van der Waals surface area contributed by atoms with Crippen molar-refractivity contribution in [2.75, 3.05) is 19.6 Å². The van der Waals surface area contributed by atoms with Crippen LogP contribution < -0.4 is 0 Å². The molecule has 0 radical (unpaired) electrons. The molecule has 0 bridgehead atoms. The zero-order valence-corrected chi connectivity index (χ0v) is 9.91. The Kier molecular flexibility index (Phi) is 4.74. The van der Waals surface area contributed by atoms with Crippen molar-refractivity contribution in [3.63, 3.8) is 0 Å². The summed E-state index contributed by atoms with van der Waals surface area (Å²) >= 11 is 0. The molecule has 1 aliphatic heterocycles. The molecular weight excluding hydrogens is 190 g/mol. The summed E-state index contributed by atoms with van der Waals surface area (Å²) in [6.07, 6.45) is 4.80. The fourth-order valence-corrected chi connectivity index (χ4v) is 2.43. The molecule has 0 aromatic rings. The number of aliphatic hydroxyl groups is 1. The fourth-order valence-electron chi connectivity index (χ4n) is 2.43. The van der Waals surface area contributed by atoms with E-state index in [9.17, 15) is 9.90 Å². The molecule has 0 aromatic heterocycles. The lowest BCUT2D eigenvalue weighted by Gasteiger charge is -2.35. The molecule has 1 N–H and O–H groups in total. The summed E-state index contributed by atoms with van der Waals surface area (Å²) in [5.74, 6) is 0. The highest BCUT2D eigenvalue weighted by Gasteiger charge is 2.28. The molecule has 1 saturated heterocycles. The van der Waals surface area contributed by atoms with Crippen LogP contribution in [0.5, 0.6) is 0 Å². The van der Waals surface area contributed by atoms with Crippen LogP contribution in [0.25, 0.3) is 0 Å². The highest BCUT2D eigenvalue weighted by atomic mass is 16.3. The second kappa shape index (κ2) is 5.61. The summed E-state index contributed by atoms with van der Waals surface area (Å²) < 4.78 is 0. The second-order valence-corrected chi connectivity index (χ2v) is 5.05. The molecule has 1 fully saturated rings. The van der Waals surface area contributed by atoms with E-state index in [2.05, 4.69) is 11.8 Å². The van der Waals surface area contributed by atoms with E-state index in [0.717, 1.165) is 51.6 Å². The lowest BCUT2D eigenvalue weighted by Crippen LogP contribution is -2.44. The van der Waals surface area contributed by atoms with Gasteiger partial charge in [0.15, 0.2) is 0 Å². The number of piperidine rings is 1. The molecule has 15 heavy (non-hydrogen) atoms. The van der Waals surface area contributed by atoms with Gasteiger partial charge in [0.2, 0.25) is 0 Å². The molecule has 0 amide bonds. The number of carbonyl (C=O) groups is 1. The van der Waals surface area contributed by atoms with Crippen LogP contribution in [0, 0.1) is 5.41 Å². The molecular formula is C12H23NO2. The van der Waals surface area contributed by atoms with Gasteiger partial charge in [-0.05, 0) is 25.8 Å². The van der Waals surface area contributed by atoms with Gasteiger partial charge in [-0.3, -0.25) is 4.90 Å². The summed E-state index contributed by atoms with van der Waals surface area (Å²) in [6, 6.07) is 0. The summed E-state index contributed by atoms with van der Waals surface area (Å²) in [6.45, 7) is 6.66. The fraction of sp³-hybridized carbons (Fsp3) is 0.917. The van der Waals surface area contributed by atoms with Crippen molar-refractivity contribution in [1.82, 2.24) is 4.90 Å². The van der Waals surface area contributed by atoms with Crippen LogP contribution in [0.3, 0.4) is 0 Å². The quantitative estimate of drug-likeness (QED) is 0.703. The Labute approximate surface area is 92.5 Å². The normalized spacial score (nSPS) is 27.3. The maximum Gasteiger partial charge on any atom is 0.127 e. The second-order valence-electron chi connectivity index (χ2n) is 5.05. The number of likely N-dealkylation sites (tertiary alicyclic amines) is 1. The van der Waals surface area contributed by atoms with Gasteiger partial charge in [0.1, 0.15) is 6.29 Å². The molecule has 2 unspecified atom stereocenters. The molecule has 88 valence electrons. The van der Waals surface area contributed by atoms with Crippen molar-refractivity contribution in [2.45, 2.75) is 45.6 Å². The lowest BCUT2D eigenvalue weighted by molar-refractivity contribution is -0.117. The lowest BCUT2D eigenvalue weighted by atomic mass is 9.86. The predicted octanol–water partition coefficient (Wildman–Crippen LogP) is 1.45. The average Bonchev–Trinajstić information content (AvgIpc) is 2.18. The van der Waals surface area contributed by atoms with Crippen LogP contribution in [0.4, 0.5) is 0 Å². The van der Waals surface area contributed by atoms with E-state index in [-0.39, 0.29) is 11.5 Å². The molecule has 0 spiro atoms. The van der Waals surface area contributed by atoms with Gasteiger partial charge in [0.25, 0.3) is 0 Å². The Morgan fingerprint density at radius 3 is 2.87 bits per heavy atom. The molecule has 1 aliphatic rings. The first kappa shape index (κ1) is 12.7. The third-order valence-corrected chi connectivity index (χ3v) is 3.17. The first-order valence-electron chi connectivity index (χ1n) is 5.96. The first-order chi connectivity index (χ1) is 7.09. The van der Waals surface area contributed by atoms with Crippen LogP contribution >= 0.6 is 0 Å². The Morgan fingerprint density at radius 1 is 1.60 bits per heavy atom. The smallest absolute Gasteiger partial charge is 0.127 e. The van der Waals surface area contributed by atoms with Crippen molar-refractivity contribution in [3.05, 3.63) is 0 Å². The minimum absolute atomic E-state index is 0.198. The van der Waals surface area contributed by atoms with E-state index in [4.69, 9.17) is 0 Å². The highest BCUT2D eigenvalue weighted by Crippen LogP contribution is 2.23. The van der Waals surface area contributed by atoms with E-state index in [1.165, 1.54) is 0 Å². The first-order valence-corrected chi connectivity index (χ1v) is 5.96. The number of hydrogen-bond acceptors (Lipinski definition) is 3. The largest absolute Gasteiger partial charge is 0.392 e. The molecule has 2 atom stereocenters. The molecule has 3 heteroatoms. The number of aliphatic hydroxyl groups excluding tert-OH is 1. The predicted molar refractivity (Wildman–Crippen MR) is 60.8 cm³/mol. The summed E-state index contributed by atoms with van der Waals surface area (Å²) in [5.41, 5.74) is -0.230. The van der Waals surface area contributed by atoms with E-state index >= 15 is 0 Å². The van der Waals surface area contributed by atoms with Crippen molar-refractivity contribution >= 4 is 6.29 Å². The van der Waals surface area contributed by atoms with Gasteiger partial charge < -0.3 is 9.90 Å². The van der Waals surface area contributed by atoms with Gasteiger partial charge in [0, 0.05) is 18.5 Å². The zero-order chi connectivity index (χ0) is 11.3. The van der Waals surface area contributed by atoms with Crippen LogP contribution in [-0.4, -0.2) is 42.0 Å². The Morgan fingerprint density at radius 2 is 2.33 bits per heavy atom. The number of β-amino-alcohol motifs (C(OH)–C–C–N with tert-alkyl or cyclic N) is 1. The van der Waals surface area contributed by atoms with Gasteiger partial charge in [-0.15, -0.1) is 0 Å². The standard InChI is InChI=1S/C12H23NO2/c1-3-6-12(2,10-14)9-13-7-4-5-11(15)8-13/h10-11,15H,3-9H2,1-2H3. The van der Waals surface area contributed by atoms with Gasteiger partial charge in [-0.1, -0.05) is 20.3 Å². The van der Waals surface area contributed by atoms with Gasteiger partial charge in [0.05, 0.1) is 6.10 Å². The third kappa shape index (κ3) is 3.92. The summed E-state index contributed by atoms with van der Waals surface area (Å²) in [4.78, 5) is 13.3. The number of nitrogens with zero attached hydrogens (tertiary/aromatic N) is 1. The number of aldehydes is 1. The van der Waals surface area contributed by atoms with Gasteiger partial charge in [-0.2, -0.15) is 0 Å². The van der Waals surface area contributed by atoms with E-state index in [0.29, 0.717) is 0 Å². The van der Waals surface area contributed by atoms with Crippen molar-refractivity contribution in [2.24, 2.45) is 5.41 Å². The number of carbonyl (C=O) groups excluding carboxylic acids is 1. The van der Waals surface area contributed by atoms with Crippen molar-refractivity contribution in [3.8, 4) is 0 Å². The maximum absolute atomic E-state index is 11.1. The van der Waals surface area contributed by atoms with Crippen LogP contribution in [0.1, 0.15) is 39.5 Å². The van der Waals surface area contributed by atoms with Gasteiger partial charge in [-0.25, -0.2) is 0 Å². The van der Waals surface area contributed by atoms with Crippen LogP contribution in [0.15, 0.2) is 0 Å². The minimum atomic E-state index is -0.230. The highest BCUT2D eigenvalue weighted by molar-refractivity contribution is 5.59. The molecule has 1 rings (SSSR count). The Bertz CT molecular complexity index is 208. The molecule has 0 saturated carbocycles. The van der Waals surface area contributed by atoms with Crippen LogP contribution in [-0.2, 0) is 4.79 Å². The molecule has 1 heterocycles. The summed E-state index contributed by atoms with van der Waals surface area (Å²) in [7, 11) is 0. The van der Waals surface area contributed by atoms with E-state index < -0.39 is 0 Å². The van der Waals surface area contributed by atoms with E-state index in [1.54, 1.807) is 0 Å². The number of rotatable bonds is 5. The average molecular weight is 213 g/mol. The van der Waals surface area contributed by atoms with Crippen LogP contribution in [0.2, 0.25) is 0 Å². The monoisotopic (exact) mass is 213 g/mol. The maximum atomic E-state index is 11.1. The summed E-state index contributed by atoms with van der Waals surface area (Å²) in [5, 5.41) is 9.55. The zero-order valence-electron chi connectivity index (χ0n) is 9.91. The van der Waals surface area contributed by atoms with E-state index in [1.807, 2.05) is 6.92 Å². The third-order valence-electron chi connectivity index (χ3n) is 3.17. The molecule has 0 aliphatic carbocycles. The molecule has 3 nitrogen and oxygen atoms in total. The van der Waals surface area contributed by atoms with Crippen molar-refractivity contribution in [1.29, 1.82) is 0 Å². The Hall–Kier alpha value is -0.410. The SMILES string of the molecule is CCCC(C)(C=O)CN1CCCC(O)C1. The minimum Gasteiger partial charge on any atom is -0.392 e.